The quantitative estimate of drug-likeness (QED) is 0.691. The Hall–Kier alpha value is -1.06. The van der Waals surface area contributed by atoms with Gasteiger partial charge in [0, 0.05) is 18.5 Å². The first-order valence-corrected chi connectivity index (χ1v) is 8.19. The largest absolute Gasteiger partial charge is 0.444 e. The molecule has 0 N–H and O–H groups in total. The number of ether oxygens (including phenoxy) is 1. The van der Waals surface area contributed by atoms with E-state index in [4.69, 9.17) is 4.74 Å². The van der Waals surface area contributed by atoms with Gasteiger partial charge < -0.3 is 14.4 Å². The Morgan fingerprint density at radius 1 is 1.29 bits per heavy atom. The molecule has 0 aromatic rings. The van der Waals surface area contributed by atoms with Crippen molar-refractivity contribution < 1.29 is 14.3 Å². The molecule has 4 nitrogen and oxygen atoms in total. The molecule has 1 aliphatic rings. The first-order valence-electron chi connectivity index (χ1n) is 8.19. The maximum atomic E-state index is 12.6. The van der Waals surface area contributed by atoms with E-state index in [1.807, 2.05) is 25.7 Å². The average Bonchev–Trinajstić information content (AvgIpc) is 2.79. The predicted octanol–water partition coefficient (Wildman–Crippen LogP) is 4.17. The lowest BCUT2D eigenvalue weighted by Gasteiger charge is -2.37. The zero-order chi connectivity index (χ0) is 16.0. The Morgan fingerprint density at radius 2 is 1.86 bits per heavy atom. The molecule has 1 amide bonds. The monoisotopic (exact) mass is 297 g/mol. The molecule has 1 unspecified atom stereocenters. The highest BCUT2D eigenvalue weighted by Gasteiger charge is 2.35. The van der Waals surface area contributed by atoms with E-state index in [9.17, 15) is 9.59 Å². The van der Waals surface area contributed by atoms with Crippen molar-refractivity contribution in [2.45, 2.75) is 90.8 Å². The van der Waals surface area contributed by atoms with E-state index >= 15 is 0 Å². The maximum absolute atomic E-state index is 12.6. The zero-order valence-electron chi connectivity index (χ0n) is 14.2. The molecule has 122 valence electrons. The lowest BCUT2D eigenvalue weighted by Crippen LogP contribution is -2.49. The summed E-state index contributed by atoms with van der Waals surface area (Å²) in [5.41, 5.74) is -0.502. The van der Waals surface area contributed by atoms with Crippen LogP contribution < -0.4 is 0 Å². The fourth-order valence-electron chi connectivity index (χ4n) is 3.07. The highest BCUT2D eigenvalue weighted by atomic mass is 16.6. The molecule has 1 atom stereocenters. The maximum Gasteiger partial charge on any atom is 0.410 e. The molecule has 0 heterocycles. The second-order valence-electron chi connectivity index (χ2n) is 7.51. The van der Waals surface area contributed by atoms with Gasteiger partial charge in [-0.15, -0.1) is 0 Å². The summed E-state index contributed by atoms with van der Waals surface area (Å²) in [5, 5.41) is 0. The molecule has 0 bridgehead atoms. The molecule has 4 heteroatoms. The van der Waals surface area contributed by atoms with Crippen molar-refractivity contribution in [2.24, 2.45) is 5.92 Å². The minimum absolute atomic E-state index is 0.0413. The minimum Gasteiger partial charge on any atom is -0.444 e. The van der Waals surface area contributed by atoms with Crippen molar-refractivity contribution in [3.05, 3.63) is 0 Å². The lowest BCUT2D eigenvalue weighted by molar-refractivity contribution is -0.109. The molecule has 0 aromatic carbocycles. The summed E-state index contributed by atoms with van der Waals surface area (Å²) in [5.74, 6) is 0.446. The van der Waals surface area contributed by atoms with Gasteiger partial charge in [-0.1, -0.05) is 26.7 Å². The fourth-order valence-corrected chi connectivity index (χ4v) is 3.07. The van der Waals surface area contributed by atoms with Crippen LogP contribution in [0.1, 0.15) is 73.1 Å². The predicted molar refractivity (Wildman–Crippen MR) is 84.3 cm³/mol. The van der Waals surface area contributed by atoms with Gasteiger partial charge in [0.2, 0.25) is 0 Å². The van der Waals surface area contributed by atoms with Crippen molar-refractivity contribution in [1.29, 1.82) is 0 Å². The van der Waals surface area contributed by atoms with Crippen LogP contribution in [0.5, 0.6) is 0 Å². The Balaban J connectivity index is 2.92. The average molecular weight is 297 g/mol. The summed E-state index contributed by atoms with van der Waals surface area (Å²) in [4.78, 5) is 25.5. The lowest BCUT2D eigenvalue weighted by atomic mass is 9.98. The van der Waals surface area contributed by atoms with Crippen LogP contribution in [0, 0.1) is 5.92 Å². The normalized spacial score (nSPS) is 17.8. The van der Waals surface area contributed by atoms with Crippen LogP contribution in [0.3, 0.4) is 0 Å². The Kier molecular flexibility index (Phi) is 6.69. The number of aldehydes is 1. The van der Waals surface area contributed by atoms with Crippen molar-refractivity contribution in [2.75, 3.05) is 0 Å². The van der Waals surface area contributed by atoms with E-state index in [0.29, 0.717) is 12.3 Å². The third kappa shape index (κ3) is 6.06. The molecule has 0 radical (unpaired) electrons. The second kappa shape index (κ2) is 7.81. The van der Waals surface area contributed by atoms with Gasteiger partial charge in [-0.3, -0.25) is 0 Å². The number of rotatable bonds is 6. The molecule has 0 aliphatic heterocycles. The molecular weight excluding hydrogens is 266 g/mol. The van der Waals surface area contributed by atoms with Crippen LogP contribution in [0.25, 0.3) is 0 Å². The SMILES string of the molecule is CC(C)CC(CC=O)N(C(=O)OC(C)(C)C)C1CCCC1. The number of hydrogen-bond donors (Lipinski definition) is 0. The van der Waals surface area contributed by atoms with Crippen molar-refractivity contribution in [3.8, 4) is 0 Å². The molecule has 1 fully saturated rings. The van der Waals surface area contributed by atoms with Gasteiger partial charge >= 0.3 is 6.09 Å². The highest BCUT2D eigenvalue weighted by molar-refractivity contribution is 5.69. The van der Waals surface area contributed by atoms with Crippen LogP contribution in [0.15, 0.2) is 0 Å². The fraction of sp³-hybridized carbons (Fsp3) is 0.882. The number of hydrogen-bond acceptors (Lipinski definition) is 3. The van der Waals surface area contributed by atoms with Gasteiger partial charge in [-0.25, -0.2) is 4.79 Å². The summed E-state index contributed by atoms with van der Waals surface area (Å²) in [7, 11) is 0. The molecule has 0 saturated heterocycles. The van der Waals surface area contributed by atoms with Crippen molar-refractivity contribution in [1.82, 2.24) is 4.90 Å². The molecule has 1 aliphatic carbocycles. The molecule has 0 aromatic heterocycles. The number of carbonyl (C=O) groups is 2. The van der Waals surface area contributed by atoms with Crippen LogP contribution >= 0.6 is 0 Å². The summed E-state index contributed by atoms with van der Waals surface area (Å²) >= 11 is 0. The number of carbonyl (C=O) groups excluding carboxylic acids is 2. The van der Waals surface area contributed by atoms with Crippen LogP contribution in [-0.4, -0.2) is 35.0 Å². The first-order chi connectivity index (χ1) is 9.74. The van der Waals surface area contributed by atoms with Crippen molar-refractivity contribution in [3.63, 3.8) is 0 Å². The van der Waals surface area contributed by atoms with Gasteiger partial charge in [0.1, 0.15) is 11.9 Å². The Labute approximate surface area is 129 Å². The van der Waals surface area contributed by atoms with E-state index in [1.165, 1.54) is 0 Å². The second-order valence-corrected chi connectivity index (χ2v) is 7.51. The third-order valence-electron chi connectivity index (χ3n) is 3.83. The first kappa shape index (κ1) is 18.0. The Bertz CT molecular complexity index is 340. The topological polar surface area (TPSA) is 46.6 Å². The van der Waals surface area contributed by atoms with Gasteiger partial charge in [0.05, 0.1) is 0 Å². The summed E-state index contributed by atoms with van der Waals surface area (Å²) in [6.07, 6.45) is 6.25. The molecule has 21 heavy (non-hydrogen) atoms. The number of nitrogens with zero attached hydrogens (tertiary/aromatic N) is 1. The van der Waals surface area contributed by atoms with E-state index in [2.05, 4.69) is 13.8 Å². The van der Waals surface area contributed by atoms with Crippen LogP contribution in [-0.2, 0) is 9.53 Å². The zero-order valence-corrected chi connectivity index (χ0v) is 14.2. The summed E-state index contributed by atoms with van der Waals surface area (Å²) < 4.78 is 5.59. The van der Waals surface area contributed by atoms with E-state index < -0.39 is 5.60 Å². The van der Waals surface area contributed by atoms with Crippen LogP contribution in [0.2, 0.25) is 0 Å². The Morgan fingerprint density at radius 3 is 2.29 bits per heavy atom. The van der Waals surface area contributed by atoms with E-state index in [1.54, 1.807) is 0 Å². The van der Waals surface area contributed by atoms with Crippen molar-refractivity contribution >= 4 is 12.4 Å². The van der Waals surface area contributed by atoms with Gasteiger partial charge in [-0.2, -0.15) is 0 Å². The molecule has 0 spiro atoms. The van der Waals surface area contributed by atoms with E-state index in [0.717, 1.165) is 38.4 Å². The smallest absolute Gasteiger partial charge is 0.410 e. The van der Waals surface area contributed by atoms with Crippen LogP contribution in [0.4, 0.5) is 4.79 Å². The van der Waals surface area contributed by atoms with Gasteiger partial charge in [-0.05, 0) is 46.0 Å². The number of amides is 1. The summed E-state index contributed by atoms with van der Waals surface area (Å²) in [6, 6.07) is 0.184. The minimum atomic E-state index is -0.502. The van der Waals surface area contributed by atoms with Gasteiger partial charge in [0.25, 0.3) is 0 Å². The molecule has 1 saturated carbocycles. The third-order valence-corrected chi connectivity index (χ3v) is 3.83. The standard InChI is InChI=1S/C17H31NO3/c1-13(2)12-15(10-11-19)18(14-8-6-7-9-14)16(20)21-17(3,4)5/h11,13-15H,6-10,12H2,1-5H3. The van der Waals surface area contributed by atoms with Gasteiger partial charge in [0.15, 0.2) is 0 Å². The molecular formula is C17H31NO3. The van der Waals surface area contributed by atoms with E-state index in [-0.39, 0.29) is 18.2 Å². The molecule has 1 rings (SSSR count). The summed E-state index contributed by atoms with van der Waals surface area (Å²) in [6.45, 7) is 9.90. The highest BCUT2D eigenvalue weighted by Crippen LogP contribution is 2.29.